The number of carbonyl (C=O) groups excluding carboxylic acids is 2. The highest BCUT2D eigenvalue weighted by Gasteiger charge is 2.22. The average Bonchev–Trinajstić information content (AvgIpc) is 3.38. The molecular weight excluding hydrogens is 543 g/mol. The number of aryl methyl sites for hydroxylation is 1. The van der Waals surface area contributed by atoms with Gasteiger partial charge in [-0.2, -0.15) is 14.7 Å². The van der Waals surface area contributed by atoms with Crippen LogP contribution in [0, 0.1) is 24.0 Å². The third kappa shape index (κ3) is 6.03. The van der Waals surface area contributed by atoms with Crippen LogP contribution in [0.5, 0.6) is 0 Å². The van der Waals surface area contributed by atoms with Gasteiger partial charge in [-0.15, -0.1) is 11.8 Å². The molecule has 12 heteroatoms. The number of nitro groups is 1. The lowest BCUT2D eigenvalue weighted by Gasteiger charge is -2.04. The molecule has 8 nitrogen and oxygen atoms in total. The van der Waals surface area contributed by atoms with Crippen LogP contribution in [0.3, 0.4) is 0 Å². The highest BCUT2D eigenvalue weighted by Crippen LogP contribution is 2.40. The number of aromatic nitrogens is 3. The van der Waals surface area contributed by atoms with E-state index in [-0.39, 0.29) is 16.8 Å². The Morgan fingerprint density at radius 3 is 2.47 bits per heavy atom. The molecule has 0 saturated heterocycles. The minimum Gasteiger partial charge on any atom is -0.258 e. The summed E-state index contributed by atoms with van der Waals surface area (Å²) in [5.74, 6) is 0.899. The zero-order valence-electron chi connectivity index (χ0n) is 19.4. The van der Waals surface area contributed by atoms with Gasteiger partial charge in [-0.05, 0) is 31.7 Å². The third-order valence-electron chi connectivity index (χ3n) is 5.23. The Morgan fingerprint density at radius 2 is 1.83 bits per heavy atom. The van der Waals surface area contributed by atoms with E-state index in [1.807, 2.05) is 36.7 Å². The van der Waals surface area contributed by atoms with Gasteiger partial charge in [0.15, 0.2) is 0 Å². The lowest BCUT2D eigenvalue weighted by Crippen LogP contribution is -2.00. The lowest BCUT2D eigenvalue weighted by atomic mass is 10.0. The minimum absolute atomic E-state index is 0.113. The molecule has 0 fully saturated rings. The zero-order chi connectivity index (χ0) is 26.4. The average molecular weight is 563 g/mol. The van der Waals surface area contributed by atoms with Crippen LogP contribution in [-0.2, 0) is 16.0 Å². The summed E-state index contributed by atoms with van der Waals surface area (Å²) < 4.78 is 2.89. The first-order valence-electron chi connectivity index (χ1n) is 10.6. The van der Waals surface area contributed by atoms with Crippen molar-refractivity contribution in [2.24, 2.45) is 0 Å². The summed E-state index contributed by atoms with van der Waals surface area (Å²) in [7, 11) is 0. The number of benzene rings is 2. The van der Waals surface area contributed by atoms with Crippen LogP contribution in [0.25, 0.3) is 16.4 Å². The molecule has 4 aromatic rings. The summed E-state index contributed by atoms with van der Waals surface area (Å²) in [6.07, 6.45) is 0.677. The summed E-state index contributed by atoms with van der Waals surface area (Å²) in [5.41, 5.74) is 5.20. The Labute approximate surface area is 225 Å². The number of hydrogen-bond donors (Lipinski definition) is 0. The molecule has 0 saturated carbocycles. The van der Waals surface area contributed by atoms with E-state index in [1.54, 1.807) is 41.3 Å². The van der Waals surface area contributed by atoms with Crippen molar-refractivity contribution in [3.63, 3.8) is 0 Å². The van der Waals surface area contributed by atoms with Gasteiger partial charge in [0.25, 0.3) is 5.69 Å². The van der Waals surface area contributed by atoms with Crippen molar-refractivity contribution in [2.75, 3.05) is 5.75 Å². The summed E-state index contributed by atoms with van der Waals surface area (Å²) in [6, 6.07) is 12.3. The number of rotatable bonds is 7. The molecule has 0 radical (unpaired) electrons. The van der Waals surface area contributed by atoms with Crippen molar-refractivity contribution in [1.82, 2.24) is 14.8 Å². The van der Waals surface area contributed by atoms with Crippen LogP contribution >= 0.6 is 46.3 Å². The van der Waals surface area contributed by atoms with Crippen LogP contribution in [0.4, 0.5) is 5.69 Å². The molecule has 0 unspecified atom stereocenters. The zero-order valence-corrected chi connectivity index (χ0v) is 22.6. The van der Waals surface area contributed by atoms with Gasteiger partial charge < -0.3 is 0 Å². The van der Waals surface area contributed by atoms with E-state index in [0.29, 0.717) is 22.0 Å². The summed E-state index contributed by atoms with van der Waals surface area (Å²) in [6.45, 7) is 5.98. The minimum atomic E-state index is -0.344. The molecule has 0 amide bonds. The Balaban J connectivity index is 0.00000115. The van der Waals surface area contributed by atoms with Crippen molar-refractivity contribution in [3.8, 4) is 16.4 Å². The van der Waals surface area contributed by atoms with Crippen molar-refractivity contribution in [2.45, 2.75) is 31.4 Å². The van der Waals surface area contributed by atoms with Crippen LogP contribution < -0.4 is 0 Å². The van der Waals surface area contributed by atoms with Gasteiger partial charge in [0.1, 0.15) is 0 Å². The topological polar surface area (TPSA) is 108 Å². The monoisotopic (exact) mass is 562 g/mol. The molecule has 0 N–H and O–H groups in total. The molecule has 0 aliphatic rings. The Kier molecular flexibility index (Phi) is 9.42. The fraction of sp³-hybridized carbons (Fsp3) is 0.208. The maximum atomic E-state index is 11.4. The Bertz CT molecular complexity index is 1450. The van der Waals surface area contributed by atoms with Gasteiger partial charge in [-0.3, -0.25) is 10.1 Å². The molecule has 2 heterocycles. The summed E-state index contributed by atoms with van der Waals surface area (Å²) in [4.78, 5) is 32.2. The molecule has 0 bridgehead atoms. The normalized spacial score (nSPS) is 10.5. The number of thioether (sulfide) groups is 1. The highest BCUT2D eigenvalue weighted by molar-refractivity contribution is 8.01. The summed E-state index contributed by atoms with van der Waals surface area (Å²) >= 11 is 15.6. The maximum Gasteiger partial charge on any atom is 0.373 e. The van der Waals surface area contributed by atoms with E-state index in [0.717, 1.165) is 43.3 Å². The number of thiazole rings is 1. The van der Waals surface area contributed by atoms with Gasteiger partial charge in [0.05, 0.1) is 30.6 Å². The molecule has 36 heavy (non-hydrogen) atoms. The summed E-state index contributed by atoms with van der Waals surface area (Å²) in [5, 5.41) is 17.9. The lowest BCUT2D eigenvalue weighted by molar-refractivity contribution is -0.385. The SMILES string of the molecule is CCSc1sc(-n2nc(C)c(Cc3ccccc3[N+](=O)[O-])c2C)nc1-c1ccc(Cl)c(Cl)c1.O=C=O. The van der Waals surface area contributed by atoms with E-state index < -0.39 is 0 Å². The van der Waals surface area contributed by atoms with Gasteiger partial charge in [0, 0.05) is 34.9 Å². The van der Waals surface area contributed by atoms with E-state index in [9.17, 15) is 10.1 Å². The van der Waals surface area contributed by atoms with Gasteiger partial charge >= 0.3 is 6.15 Å². The number of nitrogens with zero attached hydrogens (tertiary/aromatic N) is 4. The quantitative estimate of drug-likeness (QED) is 0.136. The van der Waals surface area contributed by atoms with Crippen LogP contribution in [0.2, 0.25) is 10.0 Å². The van der Waals surface area contributed by atoms with Crippen molar-refractivity contribution in [3.05, 3.63) is 85.1 Å². The predicted octanol–water partition coefficient (Wildman–Crippen LogP) is 6.95. The number of para-hydroxylation sites is 1. The molecule has 0 aliphatic heterocycles. The standard InChI is InChI=1S/C23H20Cl2N4O2S2.CO2/c1-4-32-22-21(16-9-10-18(24)19(25)12-16)26-23(33-22)28-14(3)17(13(2)27-28)11-15-7-5-6-8-20(15)29(30)31;2-1-3/h5-10,12H,4,11H2,1-3H3;. The Morgan fingerprint density at radius 1 is 1.14 bits per heavy atom. The van der Waals surface area contributed by atoms with Crippen LogP contribution in [-0.4, -0.2) is 31.6 Å². The second kappa shape index (κ2) is 12.3. The van der Waals surface area contributed by atoms with Crippen LogP contribution in [0.15, 0.2) is 46.7 Å². The van der Waals surface area contributed by atoms with Gasteiger partial charge in [-0.25, -0.2) is 9.67 Å². The van der Waals surface area contributed by atoms with Gasteiger partial charge in [-0.1, -0.05) is 65.7 Å². The van der Waals surface area contributed by atoms with E-state index in [4.69, 9.17) is 42.9 Å². The van der Waals surface area contributed by atoms with Gasteiger partial charge in [0.2, 0.25) is 5.13 Å². The first-order valence-corrected chi connectivity index (χ1v) is 13.1. The largest absolute Gasteiger partial charge is 0.373 e. The second-order valence-corrected chi connectivity index (χ2v) is 10.7. The van der Waals surface area contributed by atoms with Crippen molar-refractivity contribution < 1.29 is 14.5 Å². The molecule has 4 rings (SSSR count). The fourth-order valence-electron chi connectivity index (χ4n) is 3.59. The van der Waals surface area contributed by atoms with Crippen LogP contribution in [0.1, 0.15) is 29.4 Å². The number of hydrogen-bond acceptors (Lipinski definition) is 8. The second-order valence-electron chi connectivity index (χ2n) is 7.40. The van der Waals surface area contributed by atoms with E-state index in [2.05, 4.69) is 6.92 Å². The number of halogens is 2. The molecule has 186 valence electrons. The first-order chi connectivity index (χ1) is 17.2. The predicted molar refractivity (Wildman–Crippen MR) is 141 cm³/mol. The molecular formula is C24H20Cl2N4O4S2. The molecule has 0 spiro atoms. The molecule has 2 aromatic heterocycles. The fourth-order valence-corrected chi connectivity index (χ4v) is 6.09. The smallest absolute Gasteiger partial charge is 0.258 e. The molecule has 2 aromatic carbocycles. The van der Waals surface area contributed by atoms with E-state index >= 15 is 0 Å². The highest BCUT2D eigenvalue weighted by atomic mass is 35.5. The Hall–Kier alpha value is -3.01. The van der Waals surface area contributed by atoms with Crippen molar-refractivity contribution in [1.29, 1.82) is 0 Å². The van der Waals surface area contributed by atoms with Crippen molar-refractivity contribution >= 4 is 58.1 Å². The third-order valence-corrected chi connectivity index (χ3v) is 8.14. The van der Waals surface area contributed by atoms with E-state index in [1.165, 1.54) is 6.07 Å². The number of nitro benzene ring substituents is 1. The maximum absolute atomic E-state index is 11.4. The molecule has 0 atom stereocenters. The first kappa shape index (κ1) is 27.6. The molecule has 0 aliphatic carbocycles.